The Morgan fingerprint density at radius 1 is 1.15 bits per heavy atom. The Morgan fingerprint density at radius 3 is 2.62 bits per heavy atom. The topological polar surface area (TPSA) is 57.0 Å². The maximum absolute atomic E-state index is 13.8. The van der Waals surface area contributed by atoms with Crippen molar-refractivity contribution in [2.24, 2.45) is 0 Å². The molecule has 0 N–H and O–H groups in total. The van der Waals surface area contributed by atoms with Crippen LogP contribution in [-0.4, -0.2) is 27.3 Å². The summed E-state index contributed by atoms with van der Waals surface area (Å²) in [4.78, 5) is 17.3. The Labute approximate surface area is 205 Å². The van der Waals surface area contributed by atoms with Crippen molar-refractivity contribution < 1.29 is 22.7 Å². The number of thiophene rings is 1. The third kappa shape index (κ3) is 5.13. The fourth-order valence-corrected chi connectivity index (χ4v) is 4.36. The number of pyridine rings is 1. The molecular formula is C24H17BrF3N3O2S. The summed E-state index contributed by atoms with van der Waals surface area (Å²) in [5, 5.41) is 5.69. The molecule has 4 rings (SSSR count). The van der Waals surface area contributed by atoms with Crippen LogP contribution in [0.4, 0.5) is 13.2 Å². The van der Waals surface area contributed by atoms with Crippen LogP contribution in [0.25, 0.3) is 28.5 Å². The molecule has 0 radical (unpaired) electrons. The zero-order valence-corrected chi connectivity index (χ0v) is 20.1. The molecule has 10 heteroatoms. The number of esters is 1. The van der Waals surface area contributed by atoms with Crippen molar-refractivity contribution in [3.8, 4) is 16.4 Å². The average Bonchev–Trinajstić information content (AvgIpc) is 3.46. The van der Waals surface area contributed by atoms with E-state index in [-0.39, 0.29) is 12.4 Å². The molecule has 0 amide bonds. The first-order chi connectivity index (χ1) is 16.3. The van der Waals surface area contributed by atoms with Crippen molar-refractivity contribution in [2.45, 2.75) is 13.1 Å². The first-order valence-electron chi connectivity index (χ1n) is 10.1. The Kier molecular flexibility index (Phi) is 6.99. The van der Waals surface area contributed by atoms with Crippen LogP contribution in [-0.2, 0) is 10.9 Å². The SMILES string of the molecule is CCOC(=O)c1cnn(-c2cccc(-c3sccc3/C=C/c3ccc(Br)cc3)n2)c1C(F)(F)F. The van der Waals surface area contributed by atoms with Crippen LogP contribution in [0.3, 0.4) is 0 Å². The number of hydrogen-bond donors (Lipinski definition) is 0. The molecular weight excluding hydrogens is 531 g/mol. The van der Waals surface area contributed by atoms with E-state index >= 15 is 0 Å². The summed E-state index contributed by atoms with van der Waals surface area (Å²) in [5.74, 6) is -1.15. The van der Waals surface area contributed by atoms with Crippen LogP contribution >= 0.6 is 27.3 Å². The minimum absolute atomic E-state index is 0.0516. The zero-order valence-electron chi connectivity index (χ0n) is 17.7. The fraction of sp³-hybridized carbons (Fsp3) is 0.125. The van der Waals surface area contributed by atoms with Gasteiger partial charge in [-0.1, -0.05) is 46.3 Å². The fourth-order valence-electron chi connectivity index (χ4n) is 3.24. The van der Waals surface area contributed by atoms with Gasteiger partial charge in [-0.05, 0) is 53.8 Å². The maximum Gasteiger partial charge on any atom is 0.434 e. The minimum atomic E-state index is -4.84. The lowest BCUT2D eigenvalue weighted by molar-refractivity contribution is -0.143. The van der Waals surface area contributed by atoms with E-state index in [0.717, 1.165) is 26.7 Å². The van der Waals surface area contributed by atoms with Gasteiger partial charge in [-0.3, -0.25) is 0 Å². The number of rotatable bonds is 6. The zero-order chi connectivity index (χ0) is 24.3. The summed E-state index contributed by atoms with van der Waals surface area (Å²) < 4.78 is 47.9. The first-order valence-corrected chi connectivity index (χ1v) is 11.8. The Morgan fingerprint density at radius 2 is 1.91 bits per heavy atom. The molecule has 3 heterocycles. The number of alkyl halides is 3. The van der Waals surface area contributed by atoms with E-state index in [4.69, 9.17) is 4.74 Å². The number of aromatic nitrogens is 3. The summed E-state index contributed by atoms with van der Waals surface area (Å²) in [5.41, 5.74) is 0.485. The van der Waals surface area contributed by atoms with Crippen molar-refractivity contribution in [3.05, 3.63) is 87.0 Å². The van der Waals surface area contributed by atoms with Crippen LogP contribution in [0.15, 0.2) is 64.6 Å². The summed E-state index contributed by atoms with van der Waals surface area (Å²) in [7, 11) is 0. The standard InChI is InChI=1S/C24H17BrF3N3O2S/c1-2-33-23(32)18-14-29-31(22(18)24(26,27)28)20-5-3-4-19(30-20)21-16(12-13-34-21)9-6-15-7-10-17(25)11-8-15/h3-14H,2H2,1H3/b9-6+. The number of ether oxygens (including phenoxy) is 1. The largest absolute Gasteiger partial charge is 0.462 e. The van der Waals surface area contributed by atoms with Gasteiger partial charge in [0, 0.05) is 4.47 Å². The second-order valence-corrected chi connectivity index (χ2v) is 8.84. The number of carbonyl (C=O) groups is 1. The number of hydrogen-bond acceptors (Lipinski definition) is 5. The van der Waals surface area contributed by atoms with Crippen LogP contribution in [0.2, 0.25) is 0 Å². The maximum atomic E-state index is 13.8. The van der Waals surface area contributed by atoms with Crippen LogP contribution in [0.1, 0.15) is 34.1 Å². The molecule has 4 aromatic rings. The van der Waals surface area contributed by atoms with E-state index in [1.54, 1.807) is 12.1 Å². The first kappa shape index (κ1) is 23.9. The van der Waals surface area contributed by atoms with Crippen molar-refractivity contribution in [3.63, 3.8) is 0 Å². The molecule has 0 aliphatic carbocycles. The van der Waals surface area contributed by atoms with E-state index in [2.05, 4.69) is 26.0 Å². The van der Waals surface area contributed by atoms with Crippen LogP contribution in [0, 0.1) is 0 Å². The highest BCUT2D eigenvalue weighted by molar-refractivity contribution is 9.10. The van der Waals surface area contributed by atoms with Crippen molar-refractivity contribution in [2.75, 3.05) is 6.61 Å². The predicted octanol–water partition coefficient (Wildman–Crippen LogP) is 7.12. The second kappa shape index (κ2) is 9.94. The highest BCUT2D eigenvalue weighted by atomic mass is 79.9. The van der Waals surface area contributed by atoms with Gasteiger partial charge in [0.05, 0.1) is 23.4 Å². The highest BCUT2D eigenvalue weighted by Crippen LogP contribution is 2.35. The molecule has 1 aromatic carbocycles. The second-order valence-electron chi connectivity index (χ2n) is 7.01. The van der Waals surface area contributed by atoms with Crippen molar-refractivity contribution in [1.29, 1.82) is 0 Å². The third-order valence-corrected chi connectivity index (χ3v) is 6.22. The Hall–Kier alpha value is -3.24. The van der Waals surface area contributed by atoms with Crippen LogP contribution in [0.5, 0.6) is 0 Å². The highest BCUT2D eigenvalue weighted by Gasteiger charge is 2.41. The number of benzene rings is 1. The molecule has 5 nitrogen and oxygen atoms in total. The molecule has 0 aliphatic heterocycles. The molecule has 3 aromatic heterocycles. The monoisotopic (exact) mass is 547 g/mol. The van der Waals surface area contributed by atoms with Gasteiger partial charge < -0.3 is 4.74 Å². The molecule has 0 bridgehead atoms. The lowest BCUT2D eigenvalue weighted by Crippen LogP contribution is -2.19. The molecule has 0 saturated heterocycles. The normalized spacial score (nSPS) is 11.8. The van der Waals surface area contributed by atoms with Gasteiger partial charge >= 0.3 is 12.1 Å². The summed E-state index contributed by atoms with van der Waals surface area (Å²) >= 11 is 4.83. The van der Waals surface area contributed by atoms with Crippen molar-refractivity contribution in [1.82, 2.24) is 14.8 Å². The third-order valence-electron chi connectivity index (χ3n) is 4.74. The Balaban J connectivity index is 1.72. The quantitative estimate of drug-likeness (QED) is 0.241. The molecule has 34 heavy (non-hydrogen) atoms. The molecule has 0 atom stereocenters. The van der Waals surface area contributed by atoms with Gasteiger partial charge in [-0.15, -0.1) is 11.3 Å². The lowest BCUT2D eigenvalue weighted by atomic mass is 10.1. The van der Waals surface area contributed by atoms with Gasteiger partial charge in [-0.2, -0.15) is 18.3 Å². The smallest absolute Gasteiger partial charge is 0.434 e. The molecule has 0 saturated carbocycles. The van der Waals surface area contributed by atoms with Crippen molar-refractivity contribution >= 4 is 45.4 Å². The summed E-state index contributed by atoms with van der Waals surface area (Å²) in [6, 6.07) is 14.4. The van der Waals surface area contributed by atoms with E-state index in [1.807, 2.05) is 47.9 Å². The number of nitrogens with zero attached hydrogens (tertiary/aromatic N) is 3. The summed E-state index contributed by atoms with van der Waals surface area (Å²) in [6.45, 7) is 1.47. The number of carbonyl (C=O) groups excluding carboxylic acids is 1. The predicted molar refractivity (Wildman–Crippen MR) is 129 cm³/mol. The molecule has 0 spiro atoms. The van der Waals surface area contributed by atoms with Gasteiger partial charge in [0.2, 0.25) is 0 Å². The van der Waals surface area contributed by atoms with E-state index in [0.29, 0.717) is 10.4 Å². The molecule has 0 aliphatic rings. The molecule has 174 valence electrons. The Bertz CT molecular complexity index is 1340. The summed E-state index contributed by atoms with van der Waals surface area (Å²) in [6.07, 6.45) is -0.107. The van der Waals surface area contributed by atoms with E-state index in [1.165, 1.54) is 24.3 Å². The molecule has 0 fully saturated rings. The van der Waals surface area contributed by atoms with E-state index in [9.17, 15) is 18.0 Å². The van der Waals surface area contributed by atoms with Gasteiger partial charge in [0.15, 0.2) is 11.5 Å². The van der Waals surface area contributed by atoms with Gasteiger partial charge in [0.25, 0.3) is 0 Å². The van der Waals surface area contributed by atoms with Crippen LogP contribution < -0.4 is 0 Å². The minimum Gasteiger partial charge on any atom is -0.462 e. The molecule has 0 unspecified atom stereocenters. The van der Waals surface area contributed by atoms with Gasteiger partial charge in [0.1, 0.15) is 5.56 Å². The van der Waals surface area contributed by atoms with E-state index < -0.39 is 23.4 Å². The average molecular weight is 548 g/mol. The lowest BCUT2D eigenvalue weighted by Gasteiger charge is -2.12. The van der Waals surface area contributed by atoms with Gasteiger partial charge in [-0.25, -0.2) is 14.5 Å². The number of halogens is 4.